The van der Waals surface area contributed by atoms with Gasteiger partial charge in [0, 0.05) is 45.8 Å². The van der Waals surface area contributed by atoms with Crippen molar-refractivity contribution in [3.8, 4) is 11.3 Å². The highest BCUT2D eigenvalue weighted by atomic mass is 16.3. The Hall–Kier alpha value is -3.72. The van der Waals surface area contributed by atoms with Crippen LogP contribution in [0.2, 0.25) is 0 Å². The number of hydrogen-bond acceptors (Lipinski definition) is 1. The van der Waals surface area contributed by atoms with E-state index in [4.69, 9.17) is 4.42 Å². The summed E-state index contributed by atoms with van der Waals surface area (Å²) in [6, 6.07) is 22.3. The van der Waals surface area contributed by atoms with Crippen LogP contribution in [0.1, 0.15) is 25.0 Å². The summed E-state index contributed by atoms with van der Waals surface area (Å²) in [5.74, 6) is 0. The van der Waals surface area contributed by atoms with Crippen molar-refractivity contribution in [2.24, 2.45) is 7.05 Å². The van der Waals surface area contributed by atoms with Gasteiger partial charge in [0.05, 0.1) is 28.5 Å². The molecule has 8 rings (SSSR count). The minimum atomic E-state index is -0.100. The molecule has 7 aromatic rings. The molecule has 0 N–H and O–H groups in total. The third-order valence-corrected chi connectivity index (χ3v) is 7.73. The van der Waals surface area contributed by atoms with Gasteiger partial charge in [-0.2, -0.15) is 0 Å². The van der Waals surface area contributed by atoms with Crippen molar-refractivity contribution in [3.63, 3.8) is 0 Å². The molecule has 0 bridgehead atoms. The predicted octanol–water partition coefficient (Wildman–Crippen LogP) is 7.23. The molecule has 31 heavy (non-hydrogen) atoms. The lowest BCUT2D eigenvalue weighted by Crippen LogP contribution is -2.15. The molecule has 3 aromatic carbocycles. The number of aryl methyl sites for hydroxylation is 1. The third-order valence-electron chi connectivity index (χ3n) is 7.73. The quantitative estimate of drug-likeness (QED) is 0.263. The van der Waals surface area contributed by atoms with E-state index in [2.05, 4.69) is 90.5 Å². The number of rotatable bonds is 0. The van der Waals surface area contributed by atoms with Crippen LogP contribution < -0.4 is 0 Å². The molecule has 0 amide bonds. The van der Waals surface area contributed by atoms with Crippen LogP contribution >= 0.6 is 0 Å². The molecule has 4 aromatic heterocycles. The van der Waals surface area contributed by atoms with Crippen molar-refractivity contribution < 1.29 is 4.42 Å². The lowest BCUT2D eigenvalue weighted by Gasteiger charge is -2.22. The lowest BCUT2D eigenvalue weighted by atomic mass is 9.81. The van der Waals surface area contributed by atoms with Crippen LogP contribution in [-0.2, 0) is 12.5 Å². The summed E-state index contributed by atoms with van der Waals surface area (Å²) in [6.07, 6.45) is 1.82. The average molecular weight is 400 g/mol. The molecule has 0 radical (unpaired) electrons. The molecular formula is C28H20N2O. The van der Waals surface area contributed by atoms with Crippen molar-refractivity contribution in [1.29, 1.82) is 0 Å². The molecule has 0 atom stereocenters. The number of nitrogens with zero attached hydrogens (tertiary/aromatic N) is 2. The minimum absolute atomic E-state index is 0.100. The smallest absolute Gasteiger partial charge is 0.159 e. The predicted molar refractivity (Wildman–Crippen MR) is 127 cm³/mol. The van der Waals surface area contributed by atoms with Gasteiger partial charge < -0.3 is 13.4 Å². The zero-order chi connectivity index (χ0) is 20.6. The van der Waals surface area contributed by atoms with E-state index in [9.17, 15) is 0 Å². The topological polar surface area (TPSA) is 22.5 Å². The average Bonchev–Trinajstić information content (AvgIpc) is 3.46. The normalized spacial score (nSPS) is 15.2. The van der Waals surface area contributed by atoms with E-state index in [1.165, 1.54) is 60.5 Å². The highest BCUT2D eigenvalue weighted by molar-refractivity contribution is 6.29. The summed E-state index contributed by atoms with van der Waals surface area (Å²) >= 11 is 0. The van der Waals surface area contributed by atoms with Crippen molar-refractivity contribution >= 4 is 49.2 Å². The van der Waals surface area contributed by atoms with E-state index in [0.29, 0.717) is 0 Å². The Morgan fingerprint density at radius 1 is 0.774 bits per heavy atom. The highest BCUT2D eigenvalue weighted by Crippen LogP contribution is 2.54. The van der Waals surface area contributed by atoms with Crippen LogP contribution in [-0.4, -0.2) is 8.97 Å². The first-order chi connectivity index (χ1) is 15.1. The second kappa shape index (κ2) is 4.78. The van der Waals surface area contributed by atoms with Gasteiger partial charge in [-0.3, -0.25) is 0 Å². The maximum Gasteiger partial charge on any atom is 0.159 e. The van der Waals surface area contributed by atoms with Gasteiger partial charge in [-0.15, -0.1) is 0 Å². The second-order valence-electron chi connectivity index (χ2n) is 9.48. The Morgan fingerprint density at radius 3 is 2.52 bits per heavy atom. The zero-order valence-corrected chi connectivity index (χ0v) is 17.7. The molecule has 4 heterocycles. The van der Waals surface area contributed by atoms with Gasteiger partial charge in [-0.1, -0.05) is 50.2 Å². The number of hydrogen-bond donors (Lipinski definition) is 0. The first-order valence-corrected chi connectivity index (χ1v) is 10.9. The lowest BCUT2D eigenvalue weighted by molar-refractivity contribution is 0.619. The molecule has 0 saturated carbocycles. The second-order valence-corrected chi connectivity index (χ2v) is 9.48. The maximum absolute atomic E-state index is 6.04. The van der Waals surface area contributed by atoms with Crippen LogP contribution in [0.5, 0.6) is 0 Å². The Balaban J connectivity index is 1.87. The van der Waals surface area contributed by atoms with Crippen molar-refractivity contribution in [2.75, 3.05) is 0 Å². The van der Waals surface area contributed by atoms with E-state index in [-0.39, 0.29) is 5.41 Å². The van der Waals surface area contributed by atoms with Crippen molar-refractivity contribution in [1.82, 2.24) is 8.97 Å². The van der Waals surface area contributed by atoms with Gasteiger partial charge in [-0.05, 0) is 34.7 Å². The van der Waals surface area contributed by atoms with E-state index in [1.807, 2.05) is 6.26 Å². The molecule has 148 valence electrons. The van der Waals surface area contributed by atoms with Crippen LogP contribution in [0.25, 0.3) is 60.5 Å². The van der Waals surface area contributed by atoms with E-state index >= 15 is 0 Å². The van der Waals surface area contributed by atoms with Crippen LogP contribution in [0.3, 0.4) is 0 Å². The Labute approximate surface area is 178 Å². The largest absolute Gasteiger partial charge is 0.462 e. The molecule has 0 unspecified atom stereocenters. The van der Waals surface area contributed by atoms with Crippen LogP contribution in [0.4, 0.5) is 0 Å². The number of aromatic nitrogens is 2. The molecule has 0 aliphatic heterocycles. The van der Waals surface area contributed by atoms with E-state index < -0.39 is 0 Å². The molecular weight excluding hydrogens is 380 g/mol. The van der Waals surface area contributed by atoms with E-state index in [0.717, 1.165) is 11.1 Å². The first-order valence-electron chi connectivity index (χ1n) is 10.9. The van der Waals surface area contributed by atoms with Crippen LogP contribution in [0, 0.1) is 0 Å². The fraction of sp³-hybridized carbons (Fsp3) is 0.143. The third kappa shape index (κ3) is 1.54. The zero-order valence-electron chi connectivity index (χ0n) is 17.7. The molecule has 1 aliphatic carbocycles. The minimum Gasteiger partial charge on any atom is -0.462 e. The summed E-state index contributed by atoms with van der Waals surface area (Å²) in [4.78, 5) is 0. The monoisotopic (exact) mass is 400 g/mol. The Kier molecular flexibility index (Phi) is 2.47. The van der Waals surface area contributed by atoms with Crippen LogP contribution in [0.15, 0.2) is 71.3 Å². The Bertz CT molecular complexity index is 1870. The van der Waals surface area contributed by atoms with Crippen molar-refractivity contribution in [2.45, 2.75) is 19.3 Å². The van der Waals surface area contributed by atoms with Gasteiger partial charge >= 0.3 is 0 Å². The molecule has 3 heteroatoms. The fourth-order valence-electron chi connectivity index (χ4n) is 6.47. The summed E-state index contributed by atoms with van der Waals surface area (Å²) in [5.41, 5.74) is 11.3. The van der Waals surface area contributed by atoms with Gasteiger partial charge in [0.1, 0.15) is 0 Å². The molecule has 0 fully saturated rings. The van der Waals surface area contributed by atoms with Gasteiger partial charge in [-0.25, -0.2) is 0 Å². The maximum atomic E-state index is 6.04. The number of benzene rings is 3. The molecule has 1 aliphatic rings. The van der Waals surface area contributed by atoms with E-state index in [1.54, 1.807) is 0 Å². The molecule has 0 saturated heterocycles. The standard InChI is InChI=1S/C28H20N2O/c1-28(2)18-9-5-4-7-15(18)26-24(28)16-8-6-10-19-22(16)23-20(29(19)3)12-11-17-25(23)30(26)21-13-14-31-27(17)21/h4-14H,1-3H3. The van der Waals surface area contributed by atoms with Gasteiger partial charge in [0.2, 0.25) is 0 Å². The SMILES string of the molecule is Cn1c2cccc3c4c(n5c6ccoc6c6ccc1c(c32)c65)-c1ccccc1C4(C)C. The number of furan rings is 1. The molecule has 0 spiro atoms. The fourth-order valence-corrected chi connectivity index (χ4v) is 6.47. The number of fused-ring (bicyclic) bond motifs is 8. The summed E-state index contributed by atoms with van der Waals surface area (Å²) in [7, 11) is 2.18. The summed E-state index contributed by atoms with van der Waals surface area (Å²) in [5, 5.41) is 5.23. The summed E-state index contributed by atoms with van der Waals surface area (Å²) < 4.78 is 10.9. The first kappa shape index (κ1) is 16.0. The van der Waals surface area contributed by atoms with Crippen molar-refractivity contribution in [3.05, 3.63) is 78.1 Å². The van der Waals surface area contributed by atoms with Gasteiger partial charge in [0.15, 0.2) is 5.58 Å². The Morgan fingerprint density at radius 2 is 1.61 bits per heavy atom. The van der Waals surface area contributed by atoms with Gasteiger partial charge in [0.25, 0.3) is 0 Å². The summed E-state index contributed by atoms with van der Waals surface area (Å²) in [6.45, 7) is 4.74. The molecule has 3 nitrogen and oxygen atoms in total. The highest BCUT2D eigenvalue weighted by Gasteiger charge is 2.39.